The first-order valence-corrected chi connectivity index (χ1v) is 11.0. The molecule has 3 heterocycles. The average molecular weight is 403 g/mol. The van der Waals surface area contributed by atoms with E-state index in [1.807, 2.05) is 0 Å². The number of aromatic amines is 1. The van der Waals surface area contributed by atoms with Crippen LogP contribution in [0.1, 0.15) is 17.8 Å². The van der Waals surface area contributed by atoms with Gasteiger partial charge in [0.2, 0.25) is 10.0 Å². The van der Waals surface area contributed by atoms with E-state index in [-0.39, 0.29) is 36.1 Å². The van der Waals surface area contributed by atoms with Crippen molar-refractivity contribution in [2.45, 2.75) is 30.2 Å². The molecule has 1 N–H and O–H groups in total. The van der Waals surface area contributed by atoms with E-state index in [0.717, 1.165) is 0 Å². The molecule has 0 amide bonds. The van der Waals surface area contributed by atoms with Gasteiger partial charge in [0.1, 0.15) is 4.90 Å². The van der Waals surface area contributed by atoms with Gasteiger partial charge in [0.15, 0.2) is 5.03 Å². The minimum atomic E-state index is -3.74. The third kappa shape index (κ3) is 3.17. The van der Waals surface area contributed by atoms with Gasteiger partial charge in [0.25, 0.3) is 10.0 Å². The van der Waals surface area contributed by atoms with Crippen LogP contribution in [0.4, 0.5) is 0 Å². The summed E-state index contributed by atoms with van der Waals surface area (Å²) in [5.74, 6) is 0. The van der Waals surface area contributed by atoms with Crippen molar-refractivity contribution in [3.05, 3.63) is 23.9 Å². The molecule has 0 atom stereocenters. The van der Waals surface area contributed by atoms with Crippen LogP contribution in [0.3, 0.4) is 0 Å². The van der Waals surface area contributed by atoms with Gasteiger partial charge >= 0.3 is 0 Å². The zero-order valence-electron chi connectivity index (χ0n) is 14.9. The maximum Gasteiger partial charge on any atom is 0.260 e. The SMILES string of the molecule is Cc1nn(C)c(C)c1S(=O)(=O)N1CCCN(S(=O)(=O)c2cnc[nH]2)CC1. The molecule has 144 valence electrons. The highest BCUT2D eigenvalue weighted by Crippen LogP contribution is 2.25. The molecule has 2 aromatic heterocycles. The molecular formula is C14H22N6O4S2. The predicted octanol–water partition coefficient (Wildman–Crippen LogP) is -0.155. The third-order valence-electron chi connectivity index (χ3n) is 4.55. The van der Waals surface area contributed by atoms with Gasteiger partial charge in [0.05, 0.1) is 23.9 Å². The fraction of sp³-hybridized carbons (Fsp3) is 0.571. The Hall–Kier alpha value is -1.76. The van der Waals surface area contributed by atoms with Crippen molar-refractivity contribution < 1.29 is 16.8 Å². The number of aromatic nitrogens is 4. The molecule has 26 heavy (non-hydrogen) atoms. The zero-order valence-corrected chi connectivity index (χ0v) is 16.5. The molecule has 3 rings (SSSR count). The second-order valence-electron chi connectivity index (χ2n) is 6.20. The Labute approximate surface area is 152 Å². The number of imidazole rings is 1. The van der Waals surface area contributed by atoms with E-state index in [1.54, 1.807) is 20.9 Å². The number of hydrogen-bond donors (Lipinski definition) is 1. The lowest BCUT2D eigenvalue weighted by atomic mass is 10.4. The minimum Gasteiger partial charge on any atom is -0.335 e. The largest absolute Gasteiger partial charge is 0.335 e. The molecule has 1 aliphatic heterocycles. The van der Waals surface area contributed by atoms with Crippen LogP contribution in [0.15, 0.2) is 22.4 Å². The molecule has 0 radical (unpaired) electrons. The Balaban J connectivity index is 1.85. The average Bonchev–Trinajstić information content (AvgIpc) is 3.09. The van der Waals surface area contributed by atoms with Crippen molar-refractivity contribution in [1.82, 2.24) is 28.4 Å². The molecule has 0 saturated carbocycles. The maximum atomic E-state index is 13.1. The van der Waals surface area contributed by atoms with Crippen molar-refractivity contribution >= 4 is 20.0 Å². The summed E-state index contributed by atoms with van der Waals surface area (Å²) >= 11 is 0. The molecule has 0 unspecified atom stereocenters. The summed E-state index contributed by atoms with van der Waals surface area (Å²) < 4.78 is 55.5. The molecule has 12 heteroatoms. The quantitative estimate of drug-likeness (QED) is 0.759. The van der Waals surface area contributed by atoms with Gasteiger partial charge in [0, 0.05) is 33.2 Å². The van der Waals surface area contributed by atoms with Crippen LogP contribution in [0.5, 0.6) is 0 Å². The Morgan fingerprint density at radius 2 is 1.62 bits per heavy atom. The number of sulfonamides is 2. The van der Waals surface area contributed by atoms with E-state index >= 15 is 0 Å². The highest BCUT2D eigenvalue weighted by molar-refractivity contribution is 7.89. The van der Waals surface area contributed by atoms with Crippen LogP contribution < -0.4 is 0 Å². The molecule has 0 aliphatic carbocycles. The highest BCUT2D eigenvalue weighted by Gasteiger charge is 2.34. The monoisotopic (exact) mass is 402 g/mol. The van der Waals surface area contributed by atoms with E-state index in [0.29, 0.717) is 17.8 Å². The lowest BCUT2D eigenvalue weighted by Gasteiger charge is -2.21. The Bertz CT molecular complexity index is 995. The Kier molecular flexibility index (Phi) is 4.94. The zero-order chi connectivity index (χ0) is 19.1. The van der Waals surface area contributed by atoms with E-state index in [4.69, 9.17) is 0 Å². The number of rotatable bonds is 4. The number of aryl methyl sites for hydroxylation is 2. The van der Waals surface area contributed by atoms with Gasteiger partial charge in [-0.2, -0.15) is 13.7 Å². The molecule has 0 aromatic carbocycles. The van der Waals surface area contributed by atoms with E-state index in [2.05, 4.69) is 15.1 Å². The number of nitrogens with one attached hydrogen (secondary N) is 1. The first-order chi connectivity index (χ1) is 12.2. The molecule has 1 aliphatic rings. The molecule has 2 aromatic rings. The summed E-state index contributed by atoms with van der Waals surface area (Å²) in [4.78, 5) is 6.54. The molecule has 0 spiro atoms. The second kappa shape index (κ2) is 6.76. The normalized spacial score (nSPS) is 18.1. The summed E-state index contributed by atoms with van der Waals surface area (Å²) in [7, 11) is -5.75. The van der Waals surface area contributed by atoms with E-state index in [9.17, 15) is 16.8 Å². The number of nitrogens with zero attached hydrogens (tertiary/aromatic N) is 5. The third-order valence-corrected chi connectivity index (χ3v) is 8.52. The predicted molar refractivity (Wildman–Crippen MR) is 93.4 cm³/mol. The van der Waals surface area contributed by atoms with Crippen LogP contribution in [0.25, 0.3) is 0 Å². The van der Waals surface area contributed by atoms with Gasteiger partial charge in [-0.05, 0) is 20.3 Å². The lowest BCUT2D eigenvalue weighted by Crippen LogP contribution is -2.37. The smallest absolute Gasteiger partial charge is 0.260 e. The van der Waals surface area contributed by atoms with Gasteiger partial charge in [-0.3, -0.25) is 4.68 Å². The molecule has 1 saturated heterocycles. The molecule has 1 fully saturated rings. The second-order valence-corrected chi connectivity index (χ2v) is 9.98. The van der Waals surface area contributed by atoms with Crippen molar-refractivity contribution in [2.24, 2.45) is 7.05 Å². The van der Waals surface area contributed by atoms with E-state index in [1.165, 1.54) is 25.8 Å². The lowest BCUT2D eigenvalue weighted by molar-refractivity contribution is 0.403. The fourth-order valence-corrected chi connectivity index (χ4v) is 6.37. The minimum absolute atomic E-state index is 0.00718. The van der Waals surface area contributed by atoms with Crippen LogP contribution in [-0.4, -0.2) is 71.4 Å². The molecule has 10 nitrogen and oxygen atoms in total. The van der Waals surface area contributed by atoms with Crippen LogP contribution >= 0.6 is 0 Å². The highest BCUT2D eigenvalue weighted by atomic mass is 32.2. The summed E-state index contributed by atoms with van der Waals surface area (Å²) in [6.45, 7) is 4.04. The summed E-state index contributed by atoms with van der Waals surface area (Å²) in [6, 6.07) is 0. The van der Waals surface area contributed by atoms with Gasteiger partial charge in [-0.15, -0.1) is 0 Å². The van der Waals surface area contributed by atoms with Crippen molar-refractivity contribution in [2.75, 3.05) is 26.2 Å². The van der Waals surface area contributed by atoms with Crippen LogP contribution in [0, 0.1) is 13.8 Å². The van der Waals surface area contributed by atoms with Gasteiger partial charge < -0.3 is 4.98 Å². The molecular weight excluding hydrogens is 380 g/mol. The number of hydrogen-bond acceptors (Lipinski definition) is 6. The Morgan fingerprint density at radius 1 is 1.00 bits per heavy atom. The number of H-pyrrole nitrogens is 1. The van der Waals surface area contributed by atoms with Crippen LogP contribution in [-0.2, 0) is 27.1 Å². The first-order valence-electron chi connectivity index (χ1n) is 8.14. The van der Waals surface area contributed by atoms with Gasteiger partial charge in [-0.25, -0.2) is 21.8 Å². The maximum absolute atomic E-state index is 13.1. The Morgan fingerprint density at radius 3 is 2.12 bits per heavy atom. The fourth-order valence-electron chi connectivity index (χ4n) is 3.13. The summed E-state index contributed by atoms with van der Waals surface area (Å²) in [6.07, 6.45) is 2.96. The standard InChI is InChI=1S/C14H22N6O4S2/c1-11-14(12(2)18(3)17-11)26(23,24)20-6-4-5-19(7-8-20)25(21,22)13-9-15-10-16-13/h9-10H,4-8H2,1-3H3,(H,15,16). The van der Waals surface area contributed by atoms with Gasteiger partial charge in [-0.1, -0.05) is 0 Å². The van der Waals surface area contributed by atoms with Crippen molar-refractivity contribution in [3.63, 3.8) is 0 Å². The first kappa shape index (κ1) is 19.0. The topological polar surface area (TPSA) is 121 Å². The summed E-state index contributed by atoms with van der Waals surface area (Å²) in [5, 5.41) is 4.18. The molecule has 0 bridgehead atoms. The van der Waals surface area contributed by atoms with Crippen molar-refractivity contribution in [1.29, 1.82) is 0 Å². The van der Waals surface area contributed by atoms with Crippen LogP contribution in [0.2, 0.25) is 0 Å². The van der Waals surface area contributed by atoms with E-state index < -0.39 is 20.0 Å². The van der Waals surface area contributed by atoms with Crippen molar-refractivity contribution in [3.8, 4) is 0 Å². The summed E-state index contributed by atoms with van der Waals surface area (Å²) in [5.41, 5.74) is 1.00.